The average molecular weight is 258 g/mol. The third-order valence-corrected chi connectivity index (χ3v) is 3.35. The third-order valence-electron chi connectivity index (χ3n) is 2.66. The van der Waals surface area contributed by atoms with Crippen molar-refractivity contribution in [3.63, 3.8) is 0 Å². The number of benzene rings is 1. The van der Waals surface area contributed by atoms with E-state index in [2.05, 4.69) is 27.7 Å². The maximum atomic E-state index is 8.75. The molecule has 0 radical (unpaired) electrons. The van der Waals surface area contributed by atoms with Crippen molar-refractivity contribution >= 4 is 16.7 Å². The fourth-order valence-electron chi connectivity index (χ4n) is 1.57. The summed E-state index contributed by atoms with van der Waals surface area (Å²) in [6.45, 7) is 4.10. The first-order valence-electron chi connectivity index (χ1n) is 5.82. The fraction of sp³-hybridized carbons (Fsp3) is 0.308. The van der Waals surface area contributed by atoms with Gasteiger partial charge < -0.3 is 5.32 Å². The van der Waals surface area contributed by atoms with E-state index < -0.39 is 0 Å². The van der Waals surface area contributed by atoms with Gasteiger partial charge in [-0.25, -0.2) is 4.98 Å². The Morgan fingerprint density at radius 2 is 2.11 bits per heavy atom. The number of rotatable bonds is 4. The summed E-state index contributed by atoms with van der Waals surface area (Å²) in [6, 6.07) is 9.82. The standard InChI is InChI=1S/C13H14N4S/c1-3-12-16-13(18-17-12)15-9(2)11-6-4-10(8-14)5-7-11/h4-7,9H,3H2,1-2H3,(H,15,16,17). The smallest absolute Gasteiger partial charge is 0.203 e. The van der Waals surface area contributed by atoms with E-state index in [1.54, 1.807) is 0 Å². The van der Waals surface area contributed by atoms with Gasteiger partial charge in [-0.15, -0.1) is 0 Å². The molecule has 1 atom stereocenters. The van der Waals surface area contributed by atoms with Crippen molar-refractivity contribution in [3.8, 4) is 6.07 Å². The van der Waals surface area contributed by atoms with Gasteiger partial charge in [0.25, 0.3) is 0 Å². The molecule has 0 fully saturated rings. The molecule has 1 aromatic carbocycles. The van der Waals surface area contributed by atoms with Gasteiger partial charge in [0.2, 0.25) is 5.13 Å². The minimum atomic E-state index is 0.149. The first-order valence-corrected chi connectivity index (χ1v) is 6.59. The third kappa shape index (κ3) is 2.84. The molecule has 1 aromatic heterocycles. The second-order valence-corrected chi connectivity index (χ2v) is 4.72. The molecule has 1 heterocycles. The van der Waals surface area contributed by atoms with Crippen molar-refractivity contribution in [1.82, 2.24) is 9.36 Å². The first kappa shape index (κ1) is 12.5. The maximum Gasteiger partial charge on any atom is 0.203 e. The number of nitrogens with one attached hydrogen (secondary N) is 1. The van der Waals surface area contributed by atoms with E-state index in [0.717, 1.165) is 22.9 Å². The van der Waals surface area contributed by atoms with Gasteiger partial charge in [0.1, 0.15) is 5.82 Å². The van der Waals surface area contributed by atoms with E-state index in [-0.39, 0.29) is 6.04 Å². The van der Waals surface area contributed by atoms with Gasteiger partial charge in [-0.05, 0) is 24.6 Å². The molecule has 18 heavy (non-hydrogen) atoms. The number of hydrogen-bond acceptors (Lipinski definition) is 5. The molecule has 0 aliphatic heterocycles. The van der Waals surface area contributed by atoms with Crippen LogP contribution in [0, 0.1) is 11.3 Å². The van der Waals surface area contributed by atoms with Gasteiger partial charge >= 0.3 is 0 Å². The molecule has 0 saturated heterocycles. The van der Waals surface area contributed by atoms with Crippen molar-refractivity contribution in [3.05, 3.63) is 41.2 Å². The summed E-state index contributed by atoms with van der Waals surface area (Å²) >= 11 is 1.38. The Balaban J connectivity index is 2.06. The summed E-state index contributed by atoms with van der Waals surface area (Å²) in [7, 11) is 0. The highest BCUT2D eigenvalue weighted by molar-refractivity contribution is 7.09. The largest absolute Gasteiger partial charge is 0.354 e. The average Bonchev–Trinajstić information content (AvgIpc) is 2.86. The lowest BCUT2D eigenvalue weighted by molar-refractivity contribution is 0.876. The molecule has 2 rings (SSSR count). The summed E-state index contributed by atoms with van der Waals surface area (Å²) in [5, 5.41) is 12.9. The van der Waals surface area contributed by atoms with Crippen LogP contribution in [0.3, 0.4) is 0 Å². The summed E-state index contributed by atoms with van der Waals surface area (Å²) in [5.74, 6) is 0.870. The molecule has 2 aromatic rings. The minimum absolute atomic E-state index is 0.149. The topological polar surface area (TPSA) is 61.6 Å². The van der Waals surface area contributed by atoms with Gasteiger partial charge in [-0.2, -0.15) is 9.64 Å². The molecule has 92 valence electrons. The van der Waals surface area contributed by atoms with Crippen molar-refractivity contribution in [1.29, 1.82) is 5.26 Å². The van der Waals surface area contributed by atoms with Crippen LogP contribution >= 0.6 is 11.5 Å². The van der Waals surface area contributed by atoms with E-state index in [1.807, 2.05) is 31.2 Å². The van der Waals surface area contributed by atoms with Crippen LogP contribution in [0.5, 0.6) is 0 Å². The predicted molar refractivity (Wildman–Crippen MR) is 72.5 cm³/mol. The fourth-order valence-corrected chi connectivity index (χ4v) is 2.31. The number of anilines is 1. The highest BCUT2D eigenvalue weighted by atomic mass is 32.1. The monoisotopic (exact) mass is 258 g/mol. The Morgan fingerprint density at radius 1 is 1.39 bits per heavy atom. The number of aromatic nitrogens is 2. The molecule has 0 aliphatic rings. The quantitative estimate of drug-likeness (QED) is 0.915. The van der Waals surface area contributed by atoms with Gasteiger partial charge in [0.05, 0.1) is 17.7 Å². The Kier molecular flexibility index (Phi) is 3.90. The van der Waals surface area contributed by atoms with E-state index in [9.17, 15) is 0 Å². The molecule has 1 N–H and O–H groups in total. The zero-order valence-electron chi connectivity index (χ0n) is 10.3. The molecule has 0 bridgehead atoms. The van der Waals surface area contributed by atoms with E-state index in [0.29, 0.717) is 5.56 Å². The lowest BCUT2D eigenvalue weighted by atomic mass is 10.1. The van der Waals surface area contributed by atoms with Crippen LogP contribution in [0.1, 0.15) is 36.8 Å². The van der Waals surface area contributed by atoms with Crippen LogP contribution in [-0.2, 0) is 6.42 Å². The Bertz CT molecular complexity index is 553. The van der Waals surface area contributed by atoms with Crippen molar-refractivity contribution < 1.29 is 0 Å². The van der Waals surface area contributed by atoms with Gasteiger partial charge in [0.15, 0.2) is 0 Å². The van der Waals surface area contributed by atoms with Gasteiger partial charge in [-0.1, -0.05) is 19.1 Å². The van der Waals surface area contributed by atoms with Gasteiger partial charge in [-0.3, -0.25) is 0 Å². The van der Waals surface area contributed by atoms with Crippen molar-refractivity contribution in [2.24, 2.45) is 0 Å². The predicted octanol–water partition coefficient (Wildman–Crippen LogP) is 3.15. The van der Waals surface area contributed by atoms with Crippen LogP contribution in [-0.4, -0.2) is 9.36 Å². The lowest BCUT2D eigenvalue weighted by Crippen LogP contribution is -2.06. The molecule has 5 heteroatoms. The van der Waals surface area contributed by atoms with E-state index >= 15 is 0 Å². The first-order chi connectivity index (χ1) is 8.72. The van der Waals surface area contributed by atoms with Crippen LogP contribution in [0.25, 0.3) is 0 Å². The van der Waals surface area contributed by atoms with Gasteiger partial charge in [0, 0.05) is 18.0 Å². The Morgan fingerprint density at radius 3 is 2.67 bits per heavy atom. The summed E-state index contributed by atoms with van der Waals surface area (Å²) < 4.78 is 4.23. The highest BCUT2D eigenvalue weighted by Crippen LogP contribution is 2.21. The summed E-state index contributed by atoms with van der Waals surface area (Å²) in [4.78, 5) is 4.37. The lowest BCUT2D eigenvalue weighted by Gasteiger charge is -2.12. The molecular formula is C13H14N4S. The Labute approximate surface area is 110 Å². The van der Waals surface area contributed by atoms with Crippen LogP contribution in [0.4, 0.5) is 5.13 Å². The second-order valence-electron chi connectivity index (χ2n) is 3.97. The number of nitrogens with zero attached hydrogens (tertiary/aromatic N) is 3. The molecule has 1 unspecified atom stereocenters. The zero-order valence-corrected chi connectivity index (χ0v) is 11.2. The number of aryl methyl sites for hydroxylation is 1. The maximum absolute atomic E-state index is 8.75. The molecule has 0 amide bonds. The van der Waals surface area contributed by atoms with Crippen molar-refractivity contribution in [2.45, 2.75) is 26.3 Å². The van der Waals surface area contributed by atoms with E-state index in [4.69, 9.17) is 5.26 Å². The van der Waals surface area contributed by atoms with Crippen LogP contribution in [0.15, 0.2) is 24.3 Å². The molecule has 0 saturated carbocycles. The molecule has 4 nitrogen and oxygen atoms in total. The summed E-state index contributed by atoms with van der Waals surface area (Å²) in [6.07, 6.45) is 0.851. The molecule has 0 aliphatic carbocycles. The minimum Gasteiger partial charge on any atom is -0.354 e. The normalized spacial score (nSPS) is 11.8. The summed E-state index contributed by atoms with van der Waals surface area (Å²) in [5.41, 5.74) is 1.80. The molecular weight excluding hydrogens is 244 g/mol. The zero-order chi connectivity index (χ0) is 13.0. The Hall–Kier alpha value is -1.93. The SMILES string of the molecule is CCc1nsc(NC(C)c2ccc(C#N)cc2)n1. The van der Waals surface area contributed by atoms with Crippen LogP contribution < -0.4 is 5.32 Å². The van der Waals surface area contributed by atoms with Crippen LogP contribution in [0.2, 0.25) is 0 Å². The molecule has 0 spiro atoms. The number of hydrogen-bond donors (Lipinski definition) is 1. The number of nitriles is 1. The highest BCUT2D eigenvalue weighted by Gasteiger charge is 2.08. The second kappa shape index (κ2) is 5.61. The van der Waals surface area contributed by atoms with Crippen molar-refractivity contribution in [2.75, 3.05) is 5.32 Å². The van der Waals surface area contributed by atoms with E-state index in [1.165, 1.54) is 11.5 Å².